The molecular weight excluding hydrogens is 436 g/mol. The van der Waals surface area contributed by atoms with Gasteiger partial charge in [0.25, 0.3) is 0 Å². The molecule has 182 valence electrons. The number of carbonyl (C=O) groups is 1. The summed E-state index contributed by atoms with van der Waals surface area (Å²) in [6, 6.07) is 7.38. The first-order valence-corrected chi connectivity index (χ1v) is 12.1. The molecule has 0 bridgehead atoms. The van der Waals surface area contributed by atoms with E-state index in [-0.39, 0.29) is 6.03 Å². The fourth-order valence-electron chi connectivity index (χ4n) is 4.30. The molecule has 34 heavy (non-hydrogen) atoms. The van der Waals surface area contributed by atoms with Crippen LogP contribution in [0.4, 0.5) is 22.4 Å². The minimum Gasteiger partial charge on any atom is -0.378 e. The van der Waals surface area contributed by atoms with Crippen molar-refractivity contribution in [3.8, 4) is 11.4 Å². The molecule has 1 aromatic carbocycles. The summed E-state index contributed by atoms with van der Waals surface area (Å²) in [5.41, 5.74) is 4.51. The lowest BCUT2D eigenvalue weighted by molar-refractivity contribution is 0.121. The molecule has 1 aromatic heterocycles. The van der Waals surface area contributed by atoms with Crippen molar-refractivity contribution < 1.29 is 14.3 Å². The van der Waals surface area contributed by atoms with Crippen LogP contribution in [-0.2, 0) is 9.47 Å². The molecule has 0 saturated carbocycles. The molecule has 2 amide bonds. The average molecular weight is 469 g/mol. The van der Waals surface area contributed by atoms with Crippen LogP contribution < -0.4 is 20.5 Å². The number of aromatic nitrogens is 3. The molecule has 0 radical (unpaired) electrons. The number of hydrogen-bond acceptors (Lipinski definition) is 9. The molecule has 2 aromatic rings. The quantitative estimate of drug-likeness (QED) is 0.678. The summed E-state index contributed by atoms with van der Waals surface area (Å²) in [7, 11) is 0. The summed E-state index contributed by atoms with van der Waals surface area (Å²) in [4.78, 5) is 30.9. The summed E-state index contributed by atoms with van der Waals surface area (Å²) < 4.78 is 11.0. The van der Waals surface area contributed by atoms with Gasteiger partial charge in [-0.2, -0.15) is 15.0 Å². The Balaban J connectivity index is 1.32. The highest BCUT2D eigenvalue weighted by molar-refractivity contribution is 5.89. The number of amides is 2. The molecular formula is C23H32N8O3. The van der Waals surface area contributed by atoms with Crippen LogP contribution >= 0.6 is 0 Å². The van der Waals surface area contributed by atoms with Gasteiger partial charge in [0, 0.05) is 50.5 Å². The van der Waals surface area contributed by atoms with Gasteiger partial charge in [-0.3, -0.25) is 5.43 Å². The number of benzene rings is 1. The lowest BCUT2D eigenvalue weighted by atomic mass is 10.2. The fourth-order valence-corrected chi connectivity index (χ4v) is 4.30. The molecule has 0 aliphatic carbocycles. The Bertz CT molecular complexity index is 919. The van der Waals surface area contributed by atoms with Crippen molar-refractivity contribution in [2.24, 2.45) is 0 Å². The Morgan fingerprint density at radius 2 is 1.29 bits per heavy atom. The zero-order chi connectivity index (χ0) is 23.2. The van der Waals surface area contributed by atoms with E-state index in [9.17, 15) is 4.79 Å². The lowest BCUT2D eigenvalue weighted by Crippen LogP contribution is -2.46. The van der Waals surface area contributed by atoms with Crippen molar-refractivity contribution in [2.45, 2.75) is 19.3 Å². The van der Waals surface area contributed by atoms with E-state index in [0.29, 0.717) is 49.8 Å². The number of urea groups is 1. The number of piperidine rings is 1. The molecule has 0 spiro atoms. The normalized spacial score (nSPS) is 19.6. The number of anilines is 3. The van der Waals surface area contributed by atoms with Gasteiger partial charge in [-0.05, 0) is 37.1 Å². The summed E-state index contributed by atoms with van der Waals surface area (Å²) in [5.74, 6) is 1.94. The predicted molar refractivity (Wildman–Crippen MR) is 129 cm³/mol. The van der Waals surface area contributed by atoms with Crippen molar-refractivity contribution in [1.29, 1.82) is 0 Å². The van der Waals surface area contributed by atoms with Crippen molar-refractivity contribution in [3.63, 3.8) is 0 Å². The largest absolute Gasteiger partial charge is 0.378 e. The third-order valence-electron chi connectivity index (χ3n) is 6.22. The van der Waals surface area contributed by atoms with Gasteiger partial charge < -0.3 is 24.6 Å². The summed E-state index contributed by atoms with van der Waals surface area (Å²) >= 11 is 0. The monoisotopic (exact) mass is 468 g/mol. The molecule has 2 N–H and O–H groups in total. The highest BCUT2D eigenvalue weighted by atomic mass is 16.5. The maximum Gasteiger partial charge on any atom is 0.333 e. The molecule has 5 rings (SSSR count). The van der Waals surface area contributed by atoms with Crippen molar-refractivity contribution >= 4 is 23.6 Å². The van der Waals surface area contributed by atoms with E-state index in [1.54, 1.807) is 0 Å². The minimum absolute atomic E-state index is 0.223. The number of hydrogen-bond donors (Lipinski definition) is 2. The van der Waals surface area contributed by atoms with E-state index in [0.717, 1.165) is 57.7 Å². The first kappa shape index (κ1) is 22.8. The predicted octanol–water partition coefficient (Wildman–Crippen LogP) is 1.73. The minimum atomic E-state index is -0.223. The van der Waals surface area contributed by atoms with E-state index < -0.39 is 0 Å². The summed E-state index contributed by atoms with van der Waals surface area (Å²) in [6.45, 7) is 7.43. The highest BCUT2D eigenvalue weighted by Gasteiger charge is 2.21. The van der Waals surface area contributed by atoms with E-state index >= 15 is 0 Å². The molecule has 3 saturated heterocycles. The second kappa shape index (κ2) is 10.9. The maximum atomic E-state index is 12.3. The molecule has 4 heterocycles. The topological polar surface area (TPSA) is 108 Å². The standard InChI is InChI=1S/C23H32N8O3/c32-23(28-31-8-2-1-3-9-31)24-19-6-4-18(5-7-19)20-25-21(29-10-14-33-15-11-29)27-22(26-20)30-12-16-34-17-13-30/h4-7H,1-3,8-17H2,(H2,24,28,32). The Kier molecular flexibility index (Phi) is 7.32. The van der Waals surface area contributed by atoms with Crippen LogP contribution in [0, 0.1) is 0 Å². The fraction of sp³-hybridized carbons (Fsp3) is 0.565. The van der Waals surface area contributed by atoms with Gasteiger partial charge in [0.05, 0.1) is 26.4 Å². The molecule has 3 aliphatic rings. The van der Waals surface area contributed by atoms with Gasteiger partial charge >= 0.3 is 6.03 Å². The Morgan fingerprint density at radius 3 is 1.85 bits per heavy atom. The number of rotatable bonds is 5. The van der Waals surface area contributed by atoms with Crippen LogP contribution in [0.1, 0.15) is 19.3 Å². The molecule has 3 fully saturated rings. The molecule has 11 heteroatoms. The first-order valence-electron chi connectivity index (χ1n) is 12.1. The van der Waals surface area contributed by atoms with Gasteiger partial charge in [-0.15, -0.1) is 0 Å². The zero-order valence-electron chi connectivity index (χ0n) is 19.4. The Hall–Kier alpha value is -3.02. The van der Waals surface area contributed by atoms with Crippen molar-refractivity contribution in [3.05, 3.63) is 24.3 Å². The van der Waals surface area contributed by atoms with Gasteiger partial charge in [-0.1, -0.05) is 6.42 Å². The van der Waals surface area contributed by atoms with Gasteiger partial charge in [0.1, 0.15) is 0 Å². The van der Waals surface area contributed by atoms with Crippen LogP contribution in [0.2, 0.25) is 0 Å². The Labute approximate surface area is 199 Å². The number of nitrogens with zero attached hydrogens (tertiary/aromatic N) is 6. The number of morpholine rings is 2. The third kappa shape index (κ3) is 5.72. The van der Waals surface area contributed by atoms with Gasteiger partial charge in [0.2, 0.25) is 11.9 Å². The number of ether oxygens (including phenoxy) is 2. The summed E-state index contributed by atoms with van der Waals surface area (Å²) in [6.07, 6.45) is 3.44. The molecule has 0 atom stereocenters. The van der Waals surface area contributed by atoms with Crippen molar-refractivity contribution in [2.75, 3.05) is 80.8 Å². The molecule has 3 aliphatic heterocycles. The third-order valence-corrected chi connectivity index (χ3v) is 6.22. The number of carbonyl (C=O) groups excluding carboxylic acids is 1. The van der Waals surface area contributed by atoms with E-state index in [2.05, 4.69) is 20.5 Å². The number of hydrazine groups is 1. The van der Waals surface area contributed by atoms with Gasteiger partial charge in [0.15, 0.2) is 5.82 Å². The Morgan fingerprint density at radius 1 is 0.735 bits per heavy atom. The number of nitrogens with one attached hydrogen (secondary N) is 2. The lowest BCUT2D eigenvalue weighted by Gasteiger charge is -2.30. The van der Waals surface area contributed by atoms with Crippen LogP contribution in [0.3, 0.4) is 0 Å². The average Bonchev–Trinajstić information content (AvgIpc) is 2.90. The second-order valence-electron chi connectivity index (χ2n) is 8.65. The smallest absolute Gasteiger partial charge is 0.333 e. The van der Waals surface area contributed by atoms with Crippen LogP contribution in [-0.4, -0.2) is 91.7 Å². The zero-order valence-corrected chi connectivity index (χ0v) is 19.4. The second-order valence-corrected chi connectivity index (χ2v) is 8.65. The van der Waals surface area contributed by atoms with Crippen molar-refractivity contribution in [1.82, 2.24) is 25.4 Å². The highest BCUT2D eigenvalue weighted by Crippen LogP contribution is 2.24. The first-order chi connectivity index (χ1) is 16.7. The van der Waals surface area contributed by atoms with E-state index in [1.807, 2.05) is 29.3 Å². The SMILES string of the molecule is O=C(Nc1ccc(-c2nc(N3CCOCC3)nc(N3CCOCC3)n2)cc1)NN1CCCCC1. The van der Waals surface area contributed by atoms with Gasteiger partial charge in [-0.25, -0.2) is 9.80 Å². The van der Waals surface area contributed by atoms with E-state index in [1.165, 1.54) is 6.42 Å². The molecule has 0 unspecified atom stereocenters. The van der Waals surface area contributed by atoms with Crippen LogP contribution in [0.5, 0.6) is 0 Å². The molecule has 11 nitrogen and oxygen atoms in total. The van der Waals surface area contributed by atoms with Crippen LogP contribution in [0.15, 0.2) is 24.3 Å². The van der Waals surface area contributed by atoms with Crippen LogP contribution in [0.25, 0.3) is 11.4 Å². The summed E-state index contributed by atoms with van der Waals surface area (Å²) in [5, 5.41) is 4.88. The van der Waals surface area contributed by atoms with E-state index in [4.69, 9.17) is 24.4 Å². The maximum absolute atomic E-state index is 12.3.